The minimum Gasteiger partial charge on any atom is -0.468 e. The van der Waals surface area contributed by atoms with Crippen LogP contribution in [0.15, 0.2) is 11.6 Å². The lowest BCUT2D eigenvalue weighted by Crippen LogP contribution is -2.72. The number of carbonyl (C=O) groups excluding carboxylic acids is 2. The third-order valence-corrected chi connectivity index (χ3v) is 21.0. The maximum Gasteiger partial charge on any atom is 0.317 e. The minimum atomic E-state index is -2.06. The fourth-order valence-corrected chi connectivity index (χ4v) is 16.3. The Hall–Kier alpha value is -2.16. The van der Waals surface area contributed by atoms with Gasteiger partial charge in [0.15, 0.2) is 18.9 Å². The lowest BCUT2D eigenvalue weighted by molar-refractivity contribution is -0.350. The number of fused-ring (bicyclic) bond motifs is 7. The van der Waals surface area contributed by atoms with Crippen LogP contribution in [0.1, 0.15) is 92.9 Å². The summed E-state index contributed by atoms with van der Waals surface area (Å²) in [5, 5.41) is 154. The molecule has 5 aliphatic carbocycles. The number of ether oxygens (including phenoxy) is 9. The van der Waals surface area contributed by atoms with E-state index in [9.17, 15) is 76.3 Å². The van der Waals surface area contributed by atoms with Crippen LogP contribution >= 0.6 is 0 Å². The Balaban J connectivity index is 0.952. The van der Waals surface area contributed by atoms with Crippen molar-refractivity contribution in [2.75, 3.05) is 40.1 Å². The molecule has 446 valence electrons. The largest absolute Gasteiger partial charge is 0.468 e. The first-order valence-corrected chi connectivity index (χ1v) is 27.4. The van der Waals surface area contributed by atoms with Crippen LogP contribution in [0.5, 0.6) is 0 Å². The molecular formula is C53H84O25. The van der Waals surface area contributed by atoms with Crippen molar-refractivity contribution in [1.29, 1.82) is 0 Å². The Morgan fingerprint density at radius 3 is 2.00 bits per heavy atom. The second-order valence-electron chi connectivity index (χ2n) is 25.6. The predicted molar refractivity (Wildman–Crippen MR) is 260 cm³/mol. The lowest BCUT2D eigenvalue weighted by atomic mass is 9.33. The van der Waals surface area contributed by atoms with E-state index in [0.717, 1.165) is 12.7 Å². The zero-order chi connectivity index (χ0) is 57.2. The second kappa shape index (κ2) is 21.5. The minimum absolute atomic E-state index is 0.0262. The lowest BCUT2D eigenvalue weighted by Gasteiger charge is -2.72. The van der Waals surface area contributed by atoms with Gasteiger partial charge in [-0.25, -0.2) is 0 Å². The standard InChI is InChI=1S/C53H84O25/c1-22-37(75-41-36(65)38(26(58)18-71-41)76-44-39(66)51(69,19-55)21-72-44)33(62)35(64)42(73-22)78-46(68)52-13-12-47(2,3)14-24(52)23-8-9-28-48(4)15-25(57)40(77-43-34(63)32(61)31(60)27(17-54)74-43)53(20-56,45(67)70-7)29(48)10-11-49(28,5)50(23,6)16-30(52)59/h8,22,24-44,54-66,69H,9-21H2,1-7H3. The number of rotatable bonds is 12. The van der Waals surface area contributed by atoms with Crippen molar-refractivity contribution in [3.05, 3.63) is 11.6 Å². The fourth-order valence-electron chi connectivity index (χ4n) is 16.3. The molecule has 4 saturated carbocycles. The Labute approximate surface area is 451 Å². The molecule has 9 aliphatic rings. The first-order valence-electron chi connectivity index (χ1n) is 27.4. The van der Waals surface area contributed by atoms with Gasteiger partial charge in [0.05, 0.1) is 58.5 Å². The number of carbonyl (C=O) groups is 2. The van der Waals surface area contributed by atoms with Crippen molar-refractivity contribution in [2.45, 2.75) is 215 Å². The molecule has 28 atom stereocenters. The summed E-state index contributed by atoms with van der Waals surface area (Å²) in [6.07, 6.45) is -26.2. The summed E-state index contributed by atoms with van der Waals surface area (Å²) in [4.78, 5) is 29.5. The Morgan fingerprint density at radius 2 is 1.36 bits per heavy atom. The second-order valence-corrected chi connectivity index (χ2v) is 25.6. The van der Waals surface area contributed by atoms with Crippen molar-refractivity contribution in [2.24, 2.45) is 50.2 Å². The number of hydrogen-bond acceptors (Lipinski definition) is 25. The van der Waals surface area contributed by atoms with E-state index >= 15 is 4.79 Å². The highest BCUT2D eigenvalue weighted by atomic mass is 16.8. The number of aliphatic hydroxyl groups is 14. The fraction of sp³-hybridized carbons (Fsp3) is 0.925. The van der Waals surface area contributed by atoms with Crippen LogP contribution in [-0.2, 0) is 52.2 Å². The molecule has 0 amide bonds. The van der Waals surface area contributed by atoms with E-state index in [2.05, 4.69) is 33.8 Å². The summed E-state index contributed by atoms with van der Waals surface area (Å²) in [5.74, 6) is -3.38. The van der Waals surface area contributed by atoms with Crippen LogP contribution in [0.2, 0.25) is 0 Å². The summed E-state index contributed by atoms with van der Waals surface area (Å²) in [5.41, 5.74) is -7.40. The first-order chi connectivity index (χ1) is 36.5. The normalized spacial score (nSPS) is 53.9. The van der Waals surface area contributed by atoms with Gasteiger partial charge in [0.1, 0.15) is 89.7 Å². The average Bonchev–Trinajstić information content (AvgIpc) is 3.75. The zero-order valence-electron chi connectivity index (χ0n) is 45.2. The highest BCUT2D eigenvalue weighted by Gasteiger charge is 2.75. The van der Waals surface area contributed by atoms with Gasteiger partial charge in [-0.05, 0) is 97.7 Å². The van der Waals surface area contributed by atoms with Gasteiger partial charge >= 0.3 is 11.9 Å². The molecule has 0 spiro atoms. The topological polar surface area (TPSA) is 400 Å². The number of methoxy groups -OCH3 is 1. The van der Waals surface area contributed by atoms with E-state index < -0.39 is 206 Å². The van der Waals surface area contributed by atoms with Gasteiger partial charge in [0.25, 0.3) is 0 Å². The molecule has 14 N–H and O–H groups in total. The molecule has 0 bridgehead atoms. The monoisotopic (exact) mass is 1120 g/mol. The Bertz CT molecular complexity index is 2220. The first kappa shape index (κ1) is 60.4. The number of esters is 2. The van der Waals surface area contributed by atoms with Crippen LogP contribution in [0.4, 0.5) is 0 Å². The van der Waals surface area contributed by atoms with E-state index in [0.29, 0.717) is 25.7 Å². The van der Waals surface area contributed by atoms with Crippen LogP contribution in [-0.4, -0.2) is 246 Å². The molecule has 78 heavy (non-hydrogen) atoms. The van der Waals surface area contributed by atoms with Crippen molar-refractivity contribution >= 4 is 11.9 Å². The van der Waals surface area contributed by atoms with Crippen molar-refractivity contribution in [1.82, 2.24) is 0 Å². The van der Waals surface area contributed by atoms with Gasteiger partial charge in [-0.2, -0.15) is 0 Å². The highest BCUT2D eigenvalue weighted by Crippen LogP contribution is 2.76. The molecule has 8 fully saturated rings. The summed E-state index contributed by atoms with van der Waals surface area (Å²) < 4.78 is 51.8. The third kappa shape index (κ3) is 9.16. The molecule has 0 aromatic carbocycles. The van der Waals surface area contributed by atoms with Gasteiger partial charge in [0, 0.05) is 0 Å². The Morgan fingerprint density at radius 1 is 0.679 bits per heavy atom. The molecule has 4 heterocycles. The number of hydrogen-bond donors (Lipinski definition) is 14. The van der Waals surface area contributed by atoms with Gasteiger partial charge < -0.3 is 114 Å². The van der Waals surface area contributed by atoms with E-state index in [1.54, 1.807) is 0 Å². The van der Waals surface area contributed by atoms with Crippen LogP contribution in [0, 0.1) is 50.2 Å². The number of allylic oxidation sites excluding steroid dienone is 2. The summed E-state index contributed by atoms with van der Waals surface area (Å²) in [6, 6.07) is 0. The maximum absolute atomic E-state index is 15.2. The van der Waals surface area contributed by atoms with E-state index in [4.69, 9.17) is 42.6 Å². The molecule has 25 nitrogen and oxygen atoms in total. The molecule has 4 aliphatic heterocycles. The van der Waals surface area contributed by atoms with Crippen molar-refractivity contribution in [3.63, 3.8) is 0 Å². The molecule has 0 aromatic heterocycles. The quantitative estimate of drug-likeness (QED) is 0.0509. The molecule has 4 saturated heterocycles. The van der Waals surface area contributed by atoms with E-state index in [-0.39, 0.29) is 37.0 Å². The summed E-state index contributed by atoms with van der Waals surface area (Å²) in [7, 11) is 1.15. The SMILES string of the molecule is COC(=O)C1(CO)C(OC2OC(CO)C(O)C(O)C2O)C(O)CC2(C)C1CCC1(C)C2CC=C2C3CC(C)(C)CCC3(C(=O)OC3OC(C)C(OC4OCC(O)C(OC5OCC(O)(CO)C5O)C4O)C(O)C3O)C(O)CC21C. The van der Waals surface area contributed by atoms with Crippen LogP contribution in [0.25, 0.3) is 0 Å². The Kier molecular flexibility index (Phi) is 16.6. The van der Waals surface area contributed by atoms with Crippen molar-refractivity contribution < 1.29 is 124 Å². The van der Waals surface area contributed by atoms with Gasteiger partial charge in [-0.3, -0.25) is 9.59 Å². The van der Waals surface area contributed by atoms with E-state index in [1.165, 1.54) is 6.92 Å². The predicted octanol–water partition coefficient (Wildman–Crippen LogP) is -3.66. The molecule has 0 aromatic rings. The smallest absolute Gasteiger partial charge is 0.317 e. The molecule has 25 heteroatoms. The molecular weight excluding hydrogens is 1040 g/mol. The summed E-state index contributed by atoms with van der Waals surface area (Å²) in [6.45, 7) is 8.38. The third-order valence-electron chi connectivity index (χ3n) is 21.0. The summed E-state index contributed by atoms with van der Waals surface area (Å²) >= 11 is 0. The van der Waals surface area contributed by atoms with E-state index in [1.807, 2.05) is 6.92 Å². The van der Waals surface area contributed by atoms with Crippen molar-refractivity contribution in [3.8, 4) is 0 Å². The van der Waals surface area contributed by atoms with Gasteiger partial charge in [-0.15, -0.1) is 0 Å². The van der Waals surface area contributed by atoms with Gasteiger partial charge in [-0.1, -0.05) is 46.3 Å². The highest BCUT2D eigenvalue weighted by molar-refractivity contribution is 5.80. The maximum atomic E-state index is 15.2. The average molecular weight is 1120 g/mol. The van der Waals surface area contributed by atoms with Crippen LogP contribution < -0.4 is 0 Å². The van der Waals surface area contributed by atoms with Gasteiger partial charge in [0.2, 0.25) is 6.29 Å². The molecule has 9 rings (SSSR count). The van der Waals surface area contributed by atoms with Crippen LogP contribution in [0.3, 0.4) is 0 Å². The number of aliphatic hydroxyl groups excluding tert-OH is 13. The molecule has 0 radical (unpaired) electrons. The molecule has 28 unspecified atom stereocenters. The zero-order valence-corrected chi connectivity index (χ0v) is 45.2.